The Balaban J connectivity index is 0.00000200. The van der Waals surface area contributed by atoms with Crippen molar-refractivity contribution in [2.75, 3.05) is 0 Å². The zero-order chi connectivity index (χ0) is 14.2. The summed E-state index contributed by atoms with van der Waals surface area (Å²) in [4.78, 5) is 26.1. The summed E-state index contributed by atoms with van der Waals surface area (Å²) >= 11 is 0. The van der Waals surface area contributed by atoms with E-state index in [1.807, 2.05) is 0 Å². The Morgan fingerprint density at radius 1 is 1.35 bits per heavy atom. The average molecular weight is 392 g/mol. The van der Waals surface area contributed by atoms with Crippen LogP contribution in [0.1, 0.15) is 12.1 Å². The van der Waals surface area contributed by atoms with Crippen LogP contribution in [-0.2, 0) is 11.3 Å². The van der Waals surface area contributed by atoms with Gasteiger partial charge in [-0.15, -0.1) is 24.0 Å². The van der Waals surface area contributed by atoms with E-state index in [1.54, 1.807) is 0 Å². The van der Waals surface area contributed by atoms with Crippen LogP contribution in [0.5, 0.6) is 11.5 Å². The van der Waals surface area contributed by atoms with Gasteiger partial charge >= 0.3 is 11.7 Å². The molecule has 0 unspecified atom stereocenters. The number of aryl methyl sites for hydroxylation is 2. The van der Waals surface area contributed by atoms with Crippen molar-refractivity contribution in [3.05, 3.63) is 28.3 Å². The van der Waals surface area contributed by atoms with E-state index in [0.29, 0.717) is 5.52 Å². The SMILES string of the molecule is Cc1nc(=O)n(CCC(=O)O)c2ccc(O)c(O)c12.I. The molecule has 0 radical (unpaired) electrons. The van der Waals surface area contributed by atoms with E-state index in [2.05, 4.69) is 4.98 Å². The molecule has 108 valence electrons. The Morgan fingerprint density at radius 2 is 2.00 bits per heavy atom. The molecular weight excluding hydrogens is 379 g/mol. The van der Waals surface area contributed by atoms with E-state index < -0.39 is 11.7 Å². The molecule has 0 aliphatic carbocycles. The van der Waals surface area contributed by atoms with Crippen molar-refractivity contribution in [2.24, 2.45) is 0 Å². The van der Waals surface area contributed by atoms with Crippen molar-refractivity contribution in [1.82, 2.24) is 9.55 Å². The largest absolute Gasteiger partial charge is 0.504 e. The number of aromatic hydroxyl groups is 2. The number of hydrogen-bond donors (Lipinski definition) is 3. The van der Waals surface area contributed by atoms with E-state index in [0.717, 1.165) is 4.57 Å². The molecular formula is C12H13IN2O5. The Labute approximate surface area is 130 Å². The minimum Gasteiger partial charge on any atom is -0.504 e. The third kappa shape index (κ3) is 2.84. The molecule has 0 spiro atoms. The van der Waals surface area contributed by atoms with Gasteiger partial charge in [0.1, 0.15) is 0 Å². The first kappa shape index (κ1) is 16.2. The number of nitrogens with zero attached hydrogens (tertiary/aromatic N) is 2. The van der Waals surface area contributed by atoms with Gasteiger partial charge in [0.15, 0.2) is 11.5 Å². The van der Waals surface area contributed by atoms with Gasteiger partial charge in [-0.05, 0) is 19.1 Å². The molecule has 0 saturated heterocycles. The highest BCUT2D eigenvalue weighted by Crippen LogP contribution is 2.34. The minimum absolute atomic E-state index is 0. The summed E-state index contributed by atoms with van der Waals surface area (Å²) in [5.74, 6) is -1.73. The lowest BCUT2D eigenvalue weighted by molar-refractivity contribution is -0.137. The molecule has 2 aromatic rings. The van der Waals surface area contributed by atoms with Gasteiger partial charge < -0.3 is 15.3 Å². The Bertz CT molecular complexity index is 726. The number of phenolic OH excluding ortho intramolecular Hbond substituents is 2. The van der Waals surface area contributed by atoms with Gasteiger partial charge in [0.2, 0.25) is 0 Å². The van der Waals surface area contributed by atoms with Crippen LogP contribution >= 0.6 is 24.0 Å². The van der Waals surface area contributed by atoms with E-state index in [-0.39, 0.29) is 59.5 Å². The van der Waals surface area contributed by atoms with Crippen molar-refractivity contribution >= 4 is 40.8 Å². The van der Waals surface area contributed by atoms with Gasteiger partial charge in [-0.1, -0.05) is 0 Å². The van der Waals surface area contributed by atoms with Crippen LogP contribution < -0.4 is 5.69 Å². The topological polar surface area (TPSA) is 113 Å². The predicted octanol–water partition coefficient (Wildman–Crippen LogP) is 1.21. The molecule has 0 atom stereocenters. The Morgan fingerprint density at radius 3 is 2.60 bits per heavy atom. The molecule has 1 aromatic carbocycles. The molecule has 0 aliphatic heterocycles. The van der Waals surface area contributed by atoms with Crippen molar-refractivity contribution in [3.63, 3.8) is 0 Å². The Kier molecular flexibility index (Phi) is 4.93. The molecule has 0 fully saturated rings. The summed E-state index contributed by atoms with van der Waals surface area (Å²) in [5.41, 5.74) is 0.0327. The molecule has 0 bridgehead atoms. The lowest BCUT2D eigenvalue weighted by Gasteiger charge is -2.11. The van der Waals surface area contributed by atoms with Gasteiger partial charge in [0.05, 0.1) is 23.0 Å². The lowest BCUT2D eigenvalue weighted by atomic mass is 10.1. The zero-order valence-electron chi connectivity index (χ0n) is 10.5. The smallest absolute Gasteiger partial charge is 0.348 e. The standard InChI is InChI=1S/C12H12N2O5.HI/c1-6-10-7(2-3-8(15)11(10)18)14(12(19)13-6)5-4-9(16)17;/h2-3,15,18H,4-5H2,1H3,(H,16,17);1H. The van der Waals surface area contributed by atoms with Gasteiger partial charge in [0.25, 0.3) is 0 Å². The number of halogens is 1. The maximum absolute atomic E-state index is 11.8. The number of fused-ring (bicyclic) bond motifs is 1. The van der Waals surface area contributed by atoms with Crippen LogP contribution in [0, 0.1) is 6.92 Å². The van der Waals surface area contributed by atoms with Gasteiger partial charge in [-0.3, -0.25) is 9.36 Å². The first-order valence-electron chi connectivity index (χ1n) is 5.55. The van der Waals surface area contributed by atoms with E-state index >= 15 is 0 Å². The Hall–Kier alpha value is -1.84. The summed E-state index contributed by atoms with van der Waals surface area (Å²) in [7, 11) is 0. The quantitative estimate of drug-likeness (QED) is 0.535. The fourth-order valence-electron chi connectivity index (χ4n) is 1.94. The second-order valence-corrected chi connectivity index (χ2v) is 4.10. The van der Waals surface area contributed by atoms with Crippen molar-refractivity contribution in [1.29, 1.82) is 0 Å². The van der Waals surface area contributed by atoms with E-state index in [9.17, 15) is 19.8 Å². The third-order valence-electron chi connectivity index (χ3n) is 2.83. The summed E-state index contributed by atoms with van der Waals surface area (Å²) in [5, 5.41) is 28.2. The number of hydrogen-bond acceptors (Lipinski definition) is 5. The van der Waals surface area contributed by atoms with Gasteiger partial charge in [0, 0.05) is 6.54 Å². The van der Waals surface area contributed by atoms with Crippen molar-refractivity contribution in [3.8, 4) is 11.5 Å². The highest BCUT2D eigenvalue weighted by Gasteiger charge is 2.14. The summed E-state index contributed by atoms with van der Waals surface area (Å²) in [6, 6.07) is 2.69. The summed E-state index contributed by atoms with van der Waals surface area (Å²) in [6.45, 7) is 1.48. The number of carboxylic acids is 1. The first-order valence-corrected chi connectivity index (χ1v) is 5.55. The summed E-state index contributed by atoms with van der Waals surface area (Å²) in [6.07, 6.45) is -0.235. The van der Waals surface area contributed by atoms with Crippen LogP contribution in [0.25, 0.3) is 10.9 Å². The van der Waals surface area contributed by atoms with E-state index in [1.165, 1.54) is 19.1 Å². The number of carboxylic acid groups (broad SMARTS) is 1. The molecule has 3 N–H and O–H groups in total. The van der Waals surface area contributed by atoms with Crippen LogP contribution in [-0.4, -0.2) is 30.8 Å². The van der Waals surface area contributed by atoms with Crippen LogP contribution in [0.2, 0.25) is 0 Å². The van der Waals surface area contributed by atoms with E-state index in [4.69, 9.17) is 5.11 Å². The van der Waals surface area contributed by atoms with Crippen LogP contribution in [0.4, 0.5) is 0 Å². The fourth-order valence-corrected chi connectivity index (χ4v) is 1.94. The first-order chi connectivity index (χ1) is 8.91. The zero-order valence-corrected chi connectivity index (χ0v) is 12.9. The molecule has 1 heterocycles. The molecule has 0 aliphatic rings. The summed E-state index contributed by atoms with van der Waals surface area (Å²) < 4.78 is 1.16. The van der Waals surface area contributed by atoms with Crippen LogP contribution in [0.15, 0.2) is 16.9 Å². The number of carbonyl (C=O) groups is 1. The second-order valence-electron chi connectivity index (χ2n) is 4.10. The maximum Gasteiger partial charge on any atom is 0.348 e. The normalized spacial score (nSPS) is 10.2. The molecule has 20 heavy (non-hydrogen) atoms. The van der Waals surface area contributed by atoms with Crippen molar-refractivity contribution in [2.45, 2.75) is 19.9 Å². The number of rotatable bonds is 3. The average Bonchev–Trinajstić information content (AvgIpc) is 2.32. The van der Waals surface area contributed by atoms with Gasteiger partial charge in [-0.2, -0.15) is 4.98 Å². The monoisotopic (exact) mass is 392 g/mol. The number of aromatic nitrogens is 2. The maximum atomic E-state index is 11.8. The predicted molar refractivity (Wildman–Crippen MR) is 81.7 cm³/mol. The van der Waals surface area contributed by atoms with Crippen LogP contribution in [0.3, 0.4) is 0 Å². The minimum atomic E-state index is -1.04. The molecule has 0 saturated carbocycles. The molecule has 0 amide bonds. The highest BCUT2D eigenvalue weighted by molar-refractivity contribution is 14.0. The van der Waals surface area contributed by atoms with Gasteiger partial charge in [-0.25, -0.2) is 4.79 Å². The van der Waals surface area contributed by atoms with Crippen molar-refractivity contribution < 1.29 is 20.1 Å². The molecule has 7 nitrogen and oxygen atoms in total. The molecule has 1 aromatic heterocycles. The molecule has 8 heteroatoms. The number of benzene rings is 1. The highest BCUT2D eigenvalue weighted by atomic mass is 127. The third-order valence-corrected chi connectivity index (χ3v) is 2.83. The number of phenols is 2. The fraction of sp³-hybridized carbons (Fsp3) is 0.250. The lowest BCUT2D eigenvalue weighted by Crippen LogP contribution is -2.25. The number of aliphatic carboxylic acids is 1. The second kappa shape index (κ2) is 6.07. The molecule has 2 rings (SSSR count).